The molecule has 0 aliphatic carbocycles. The zero-order valence-corrected chi connectivity index (χ0v) is 13.6. The highest BCUT2D eigenvalue weighted by Gasteiger charge is 2.22. The summed E-state index contributed by atoms with van der Waals surface area (Å²) >= 11 is 3.44. The lowest BCUT2D eigenvalue weighted by atomic mass is 10.0. The zero-order chi connectivity index (χ0) is 14.4. The molecule has 0 saturated carbocycles. The molecular weight excluding hydrogens is 316 g/mol. The second kappa shape index (κ2) is 7.79. The van der Waals surface area contributed by atoms with Gasteiger partial charge in [0, 0.05) is 4.47 Å². The largest absolute Gasteiger partial charge is 0.348 e. The first kappa shape index (κ1) is 15.5. The van der Waals surface area contributed by atoms with Gasteiger partial charge < -0.3 is 10.6 Å². The van der Waals surface area contributed by atoms with Gasteiger partial charge in [0.2, 0.25) is 5.91 Å². The number of carbonyl (C=O) groups excluding carboxylic acids is 1. The maximum absolute atomic E-state index is 12.4. The third-order valence-electron chi connectivity index (χ3n) is 3.87. The minimum atomic E-state index is -0.0259. The molecule has 0 spiro atoms. The van der Waals surface area contributed by atoms with Crippen molar-refractivity contribution < 1.29 is 4.79 Å². The number of hydrogen-bond acceptors (Lipinski definition) is 2. The molecule has 1 aliphatic rings. The molecule has 1 heterocycles. The van der Waals surface area contributed by atoms with Gasteiger partial charge in [0.05, 0.1) is 12.1 Å². The van der Waals surface area contributed by atoms with Gasteiger partial charge in [-0.3, -0.25) is 4.79 Å². The third-order valence-corrected chi connectivity index (χ3v) is 4.40. The Morgan fingerprint density at radius 3 is 2.80 bits per heavy atom. The fourth-order valence-electron chi connectivity index (χ4n) is 2.64. The Labute approximate surface area is 129 Å². The molecule has 2 rings (SSSR count). The number of carbonyl (C=O) groups is 1. The van der Waals surface area contributed by atoms with E-state index in [1.807, 2.05) is 12.1 Å². The summed E-state index contributed by atoms with van der Waals surface area (Å²) in [7, 11) is 0. The van der Waals surface area contributed by atoms with E-state index in [1.165, 1.54) is 12.8 Å². The molecule has 2 N–H and O–H groups in total. The summed E-state index contributed by atoms with van der Waals surface area (Å²) in [5.74, 6) is 0.140. The van der Waals surface area contributed by atoms with Crippen molar-refractivity contribution in [3.8, 4) is 0 Å². The minimum Gasteiger partial charge on any atom is -0.348 e. The summed E-state index contributed by atoms with van der Waals surface area (Å²) in [4.78, 5) is 12.4. The average Bonchev–Trinajstić information content (AvgIpc) is 2.75. The van der Waals surface area contributed by atoms with E-state index in [4.69, 9.17) is 0 Å². The number of benzene rings is 1. The van der Waals surface area contributed by atoms with Gasteiger partial charge in [-0.2, -0.15) is 0 Å². The highest BCUT2D eigenvalue weighted by Crippen LogP contribution is 2.20. The lowest BCUT2D eigenvalue weighted by molar-refractivity contribution is -0.124. The van der Waals surface area contributed by atoms with E-state index in [2.05, 4.69) is 45.6 Å². The van der Waals surface area contributed by atoms with Crippen molar-refractivity contribution >= 4 is 21.8 Å². The highest BCUT2D eigenvalue weighted by molar-refractivity contribution is 9.10. The molecule has 3 nitrogen and oxygen atoms in total. The monoisotopic (exact) mass is 338 g/mol. The molecule has 0 radical (unpaired) electrons. The van der Waals surface area contributed by atoms with Gasteiger partial charge in [-0.05, 0) is 43.5 Å². The predicted molar refractivity (Wildman–Crippen MR) is 85.6 cm³/mol. The second-order valence-electron chi connectivity index (χ2n) is 5.38. The summed E-state index contributed by atoms with van der Waals surface area (Å²) in [6, 6.07) is 8.25. The maximum Gasteiger partial charge on any atom is 0.237 e. The first-order chi connectivity index (χ1) is 9.70. The van der Waals surface area contributed by atoms with Crippen LogP contribution >= 0.6 is 15.9 Å². The van der Waals surface area contributed by atoms with E-state index < -0.39 is 0 Å². The van der Waals surface area contributed by atoms with Gasteiger partial charge in [0.15, 0.2) is 0 Å². The van der Waals surface area contributed by atoms with E-state index >= 15 is 0 Å². The lowest BCUT2D eigenvalue weighted by Gasteiger charge is -2.22. The number of rotatable bonds is 4. The lowest BCUT2D eigenvalue weighted by Crippen LogP contribution is -2.44. The Kier molecular flexibility index (Phi) is 6.05. The number of nitrogens with one attached hydrogen (secondary N) is 2. The van der Waals surface area contributed by atoms with E-state index in [0.29, 0.717) is 0 Å². The van der Waals surface area contributed by atoms with E-state index in [0.717, 1.165) is 35.8 Å². The quantitative estimate of drug-likeness (QED) is 0.881. The fraction of sp³-hybridized carbons (Fsp3) is 0.562. The Morgan fingerprint density at radius 2 is 2.10 bits per heavy atom. The van der Waals surface area contributed by atoms with Crippen molar-refractivity contribution in [2.75, 3.05) is 6.54 Å². The maximum atomic E-state index is 12.4. The molecule has 20 heavy (non-hydrogen) atoms. The molecule has 0 bridgehead atoms. The summed E-state index contributed by atoms with van der Waals surface area (Å²) in [5.41, 5.74) is 1.16. The first-order valence-corrected chi connectivity index (χ1v) is 8.29. The van der Waals surface area contributed by atoms with Gasteiger partial charge in [0.25, 0.3) is 0 Å². The van der Waals surface area contributed by atoms with Crippen molar-refractivity contribution in [3.05, 3.63) is 34.3 Å². The van der Waals surface area contributed by atoms with Crippen LogP contribution in [0.3, 0.4) is 0 Å². The van der Waals surface area contributed by atoms with Crippen LogP contribution in [0.25, 0.3) is 0 Å². The summed E-state index contributed by atoms with van der Waals surface area (Å²) in [6.45, 7) is 3.06. The van der Waals surface area contributed by atoms with Crippen LogP contribution in [0, 0.1) is 0 Å². The van der Waals surface area contributed by atoms with Crippen LogP contribution in [0.4, 0.5) is 0 Å². The Balaban J connectivity index is 1.98. The van der Waals surface area contributed by atoms with Crippen LogP contribution in [0.2, 0.25) is 0 Å². The van der Waals surface area contributed by atoms with Crippen LogP contribution in [-0.4, -0.2) is 18.5 Å². The van der Waals surface area contributed by atoms with Gasteiger partial charge in [-0.15, -0.1) is 0 Å². The number of amides is 1. The smallest absolute Gasteiger partial charge is 0.237 e. The molecule has 2 unspecified atom stereocenters. The standard InChI is InChI=1S/C16H23BrN2O/c1-2-14(12-7-9-13(17)10-8-12)19-16(20)15-6-4-3-5-11-18-15/h7-10,14-15,18H,2-6,11H2,1H3,(H,19,20). The molecule has 2 atom stereocenters. The van der Waals surface area contributed by atoms with Crippen LogP contribution in [0.15, 0.2) is 28.7 Å². The summed E-state index contributed by atoms with van der Waals surface area (Å²) in [5, 5.41) is 6.54. The van der Waals surface area contributed by atoms with Crippen molar-refractivity contribution in [1.82, 2.24) is 10.6 Å². The van der Waals surface area contributed by atoms with Gasteiger partial charge in [0.1, 0.15) is 0 Å². The third kappa shape index (κ3) is 4.32. The SMILES string of the molecule is CCC(NC(=O)C1CCCCCN1)c1ccc(Br)cc1. The molecule has 1 aromatic rings. The highest BCUT2D eigenvalue weighted by atomic mass is 79.9. The second-order valence-corrected chi connectivity index (χ2v) is 6.29. The molecule has 1 aromatic carbocycles. The van der Waals surface area contributed by atoms with Gasteiger partial charge in [-0.25, -0.2) is 0 Å². The average molecular weight is 339 g/mol. The molecular formula is C16H23BrN2O. The molecule has 0 aromatic heterocycles. The number of halogens is 1. The Bertz CT molecular complexity index is 425. The van der Waals surface area contributed by atoms with Crippen molar-refractivity contribution in [2.24, 2.45) is 0 Å². The first-order valence-electron chi connectivity index (χ1n) is 7.50. The van der Waals surface area contributed by atoms with E-state index in [-0.39, 0.29) is 18.0 Å². The normalized spacial score (nSPS) is 21.0. The zero-order valence-electron chi connectivity index (χ0n) is 12.0. The molecule has 110 valence electrons. The van der Waals surface area contributed by atoms with Crippen LogP contribution < -0.4 is 10.6 Å². The Morgan fingerprint density at radius 1 is 1.35 bits per heavy atom. The van der Waals surface area contributed by atoms with Crippen molar-refractivity contribution in [3.63, 3.8) is 0 Å². The van der Waals surface area contributed by atoms with E-state index in [1.54, 1.807) is 0 Å². The summed E-state index contributed by atoms with van der Waals surface area (Å²) < 4.78 is 1.06. The van der Waals surface area contributed by atoms with Crippen LogP contribution in [-0.2, 0) is 4.79 Å². The van der Waals surface area contributed by atoms with Gasteiger partial charge in [-0.1, -0.05) is 47.8 Å². The van der Waals surface area contributed by atoms with Gasteiger partial charge >= 0.3 is 0 Å². The molecule has 1 fully saturated rings. The van der Waals surface area contributed by atoms with Crippen molar-refractivity contribution in [1.29, 1.82) is 0 Å². The molecule has 4 heteroatoms. The minimum absolute atomic E-state index is 0.0259. The predicted octanol–water partition coefficient (Wildman–Crippen LogP) is 3.55. The summed E-state index contributed by atoms with van der Waals surface area (Å²) in [6.07, 6.45) is 5.39. The number of hydrogen-bond donors (Lipinski definition) is 2. The Hall–Kier alpha value is -0.870. The van der Waals surface area contributed by atoms with Crippen LogP contribution in [0.5, 0.6) is 0 Å². The van der Waals surface area contributed by atoms with E-state index in [9.17, 15) is 4.79 Å². The van der Waals surface area contributed by atoms with Crippen molar-refractivity contribution in [2.45, 2.75) is 51.1 Å². The van der Waals surface area contributed by atoms with Crippen LogP contribution in [0.1, 0.15) is 50.6 Å². The fourth-order valence-corrected chi connectivity index (χ4v) is 2.91. The molecule has 1 aliphatic heterocycles. The topological polar surface area (TPSA) is 41.1 Å². The molecule has 1 saturated heterocycles. The molecule has 1 amide bonds.